The molecule has 1 fully saturated rings. The number of hydrogen-bond donors (Lipinski definition) is 1. The Kier molecular flexibility index (Phi) is 5.65. The number of ether oxygens (including phenoxy) is 1. The van der Waals surface area contributed by atoms with Gasteiger partial charge in [0.15, 0.2) is 0 Å². The first-order valence-electron chi connectivity index (χ1n) is 5.83. The molecular formula is C11H22N2O2. The third-order valence-corrected chi connectivity index (χ3v) is 2.66. The van der Waals surface area contributed by atoms with E-state index in [2.05, 4.69) is 19.2 Å². The fraction of sp³-hybridized carbons (Fsp3) is 0.909. The van der Waals surface area contributed by atoms with Crippen LogP contribution in [0.2, 0.25) is 0 Å². The molecule has 88 valence electrons. The van der Waals surface area contributed by atoms with Crippen molar-refractivity contribution in [3.63, 3.8) is 0 Å². The second kappa shape index (κ2) is 6.80. The Morgan fingerprint density at radius 1 is 1.60 bits per heavy atom. The summed E-state index contributed by atoms with van der Waals surface area (Å²) in [7, 11) is 0. The molecule has 1 aliphatic rings. The van der Waals surface area contributed by atoms with Crippen LogP contribution >= 0.6 is 0 Å². The molecule has 0 radical (unpaired) electrons. The topological polar surface area (TPSA) is 41.6 Å². The van der Waals surface area contributed by atoms with Crippen LogP contribution in [-0.4, -0.2) is 49.7 Å². The van der Waals surface area contributed by atoms with Gasteiger partial charge in [-0.15, -0.1) is 0 Å². The van der Waals surface area contributed by atoms with Crippen LogP contribution in [0.1, 0.15) is 26.7 Å². The number of morpholine rings is 1. The van der Waals surface area contributed by atoms with Gasteiger partial charge in [-0.1, -0.05) is 6.92 Å². The normalized spacial score (nSPS) is 19.3. The van der Waals surface area contributed by atoms with Gasteiger partial charge in [0.25, 0.3) is 0 Å². The van der Waals surface area contributed by atoms with Gasteiger partial charge in [0.1, 0.15) is 6.61 Å². The Hall–Kier alpha value is -0.610. The van der Waals surface area contributed by atoms with Crippen LogP contribution in [0.15, 0.2) is 0 Å². The molecule has 0 aromatic carbocycles. The van der Waals surface area contributed by atoms with E-state index in [1.165, 1.54) is 0 Å². The zero-order valence-electron chi connectivity index (χ0n) is 9.79. The summed E-state index contributed by atoms with van der Waals surface area (Å²) in [6.07, 6.45) is 2.17. The second-order valence-corrected chi connectivity index (χ2v) is 4.08. The zero-order valence-corrected chi connectivity index (χ0v) is 9.79. The number of rotatable bonds is 6. The molecule has 15 heavy (non-hydrogen) atoms. The number of carbonyl (C=O) groups is 1. The van der Waals surface area contributed by atoms with E-state index in [4.69, 9.17) is 4.74 Å². The lowest BCUT2D eigenvalue weighted by atomic mass is 10.2. The number of nitrogens with zero attached hydrogens (tertiary/aromatic N) is 1. The zero-order chi connectivity index (χ0) is 11.1. The lowest BCUT2D eigenvalue weighted by molar-refractivity contribution is -0.142. The van der Waals surface area contributed by atoms with Gasteiger partial charge < -0.3 is 15.0 Å². The number of hydrogen-bond acceptors (Lipinski definition) is 3. The van der Waals surface area contributed by atoms with Crippen molar-refractivity contribution < 1.29 is 9.53 Å². The van der Waals surface area contributed by atoms with E-state index in [0.29, 0.717) is 12.6 Å². The third kappa shape index (κ3) is 4.62. The monoisotopic (exact) mass is 214 g/mol. The average molecular weight is 214 g/mol. The molecule has 1 heterocycles. The molecule has 0 saturated carbocycles. The van der Waals surface area contributed by atoms with Gasteiger partial charge in [-0.3, -0.25) is 4.79 Å². The average Bonchev–Trinajstić information content (AvgIpc) is 2.25. The van der Waals surface area contributed by atoms with Crippen LogP contribution in [0.25, 0.3) is 0 Å². The predicted molar refractivity (Wildman–Crippen MR) is 59.8 cm³/mol. The van der Waals surface area contributed by atoms with Gasteiger partial charge >= 0.3 is 0 Å². The summed E-state index contributed by atoms with van der Waals surface area (Å²) in [4.78, 5) is 13.3. The lowest BCUT2D eigenvalue weighted by Gasteiger charge is -2.28. The van der Waals surface area contributed by atoms with Crippen LogP contribution < -0.4 is 5.32 Å². The number of carbonyl (C=O) groups excluding carboxylic acids is 1. The van der Waals surface area contributed by atoms with Gasteiger partial charge in [0.05, 0.1) is 6.61 Å². The van der Waals surface area contributed by atoms with Gasteiger partial charge in [-0.25, -0.2) is 0 Å². The predicted octanol–water partition coefficient (Wildman–Crippen LogP) is 0.623. The summed E-state index contributed by atoms with van der Waals surface area (Å²) < 4.78 is 5.08. The molecule has 0 bridgehead atoms. The molecule has 1 amide bonds. The lowest BCUT2D eigenvalue weighted by Crippen LogP contribution is -2.43. The molecule has 1 aliphatic heterocycles. The maximum Gasteiger partial charge on any atom is 0.248 e. The van der Waals surface area contributed by atoms with Gasteiger partial charge in [0, 0.05) is 19.1 Å². The highest BCUT2D eigenvalue weighted by molar-refractivity contribution is 5.77. The van der Waals surface area contributed by atoms with Gasteiger partial charge in [-0.2, -0.15) is 0 Å². The molecule has 4 nitrogen and oxygen atoms in total. The second-order valence-electron chi connectivity index (χ2n) is 4.08. The van der Waals surface area contributed by atoms with Crippen molar-refractivity contribution in [3.8, 4) is 0 Å². The Balaban J connectivity index is 2.14. The summed E-state index contributed by atoms with van der Waals surface area (Å²) in [5.41, 5.74) is 0. The highest BCUT2D eigenvalue weighted by Gasteiger charge is 2.18. The first-order valence-corrected chi connectivity index (χ1v) is 5.83. The SMILES string of the molecule is CCCNC(C)CCN1CCOCC1=O. The first-order chi connectivity index (χ1) is 7.24. The van der Waals surface area contributed by atoms with E-state index < -0.39 is 0 Å². The molecule has 0 aromatic rings. The summed E-state index contributed by atoms with van der Waals surface area (Å²) in [6, 6.07) is 0.487. The van der Waals surface area contributed by atoms with Crippen LogP contribution in [0.5, 0.6) is 0 Å². The fourth-order valence-corrected chi connectivity index (χ4v) is 1.63. The van der Waals surface area contributed by atoms with E-state index in [9.17, 15) is 4.79 Å². The maximum absolute atomic E-state index is 11.4. The highest BCUT2D eigenvalue weighted by Crippen LogP contribution is 2.02. The maximum atomic E-state index is 11.4. The van der Waals surface area contributed by atoms with Crippen LogP contribution in [0.3, 0.4) is 0 Å². The van der Waals surface area contributed by atoms with Crippen LogP contribution in [0, 0.1) is 0 Å². The summed E-state index contributed by atoms with van der Waals surface area (Å²) in [6.45, 7) is 7.92. The Labute approximate surface area is 92.0 Å². The fourth-order valence-electron chi connectivity index (χ4n) is 1.63. The van der Waals surface area contributed by atoms with Crippen molar-refractivity contribution in [3.05, 3.63) is 0 Å². The molecule has 0 spiro atoms. The quantitative estimate of drug-likeness (QED) is 0.705. The molecular weight excluding hydrogens is 192 g/mol. The minimum absolute atomic E-state index is 0.129. The van der Waals surface area contributed by atoms with Gasteiger partial charge in [-0.05, 0) is 26.3 Å². The first kappa shape index (κ1) is 12.5. The summed E-state index contributed by atoms with van der Waals surface area (Å²) in [5.74, 6) is 0.129. The molecule has 0 aromatic heterocycles. The summed E-state index contributed by atoms with van der Waals surface area (Å²) in [5, 5.41) is 3.42. The minimum Gasteiger partial charge on any atom is -0.370 e. The molecule has 1 N–H and O–H groups in total. The van der Waals surface area contributed by atoms with Crippen molar-refractivity contribution >= 4 is 5.91 Å². The molecule has 1 atom stereocenters. The van der Waals surface area contributed by atoms with Crippen molar-refractivity contribution in [1.82, 2.24) is 10.2 Å². The number of amides is 1. The van der Waals surface area contributed by atoms with E-state index in [1.54, 1.807) is 0 Å². The standard InChI is InChI=1S/C11H22N2O2/c1-3-5-12-10(2)4-6-13-7-8-15-9-11(13)14/h10,12H,3-9H2,1-2H3. The van der Waals surface area contributed by atoms with E-state index in [1.807, 2.05) is 4.90 Å². The van der Waals surface area contributed by atoms with Crippen LogP contribution in [0.4, 0.5) is 0 Å². The summed E-state index contributed by atoms with van der Waals surface area (Å²) >= 11 is 0. The molecule has 0 aliphatic carbocycles. The number of nitrogens with one attached hydrogen (secondary N) is 1. The molecule has 1 unspecified atom stereocenters. The Bertz CT molecular complexity index is 197. The molecule has 1 saturated heterocycles. The van der Waals surface area contributed by atoms with Gasteiger partial charge in [0.2, 0.25) is 5.91 Å². The van der Waals surface area contributed by atoms with Crippen molar-refractivity contribution in [2.75, 3.05) is 32.8 Å². The van der Waals surface area contributed by atoms with E-state index >= 15 is 0 Å². The Morgan fingerprint density at radius 2 is 2.40 bits per heavy atom. The van der Waals surface area contributed by atoms with Crippen molar-refractivity contribution in [1.29, 1.82) is 0 Å². The minimum atomic E-state index is 0.129. The largest absolute Gasteiger partial charge is 0.370 e. The Morgan fingerprint density at radius 3 is 3.07 bits per heavy atom. The van der Waals surface area contributed by atoms with Crippen LogP contribution in [-0.2, 0) is 9.53 Å². The van der Waals surface area contributed by atoms with E-state index in [0.717, 1.165) is 32.5 Å². The third-order valence-electron chi connectivity index (χ3n) is 2.66. The smallest absolute Gasteiger partial charge is 0.248 e. The van der Waals surface area contributed by atoms with Crippen molar-refractivity contribution in [2.45, 2.75) is 32.7 Å². The van der Waals surface area contributed by atoms with E-state index in [-0.39, 0.29) is 12.5 Å². The molecule has 4 heteroatoms. The van der Waals surface area contributed by atoms with Crippen molar-refractivity contribution in [2.24, 2.45) is 0 Å². The highest BCUT2D eigenvalue weighted by atomic mass is 16.5. The molecule has 1 rings (SSSR count).